The fourth-order valence-corrected chi connectivity index (χ4v) is 4.37. The third-order valence-electron chi connectivity index (χ3n) is 5.44. The van der Waals surface area contributed by atoms with E-state index in [1.807, 2.05) is 6.20 Å². The number of hydrogen-bond acceptors (Lipinski definition) is 5. The molecule has 0 bridgehead atoms. The molecule has 1 aliphatic carbocycles. The number of aliphatic carboxylic acids is 1. The fraction of sp³-hybridized carbons (Fsp3) is 0.550. The Hall–Kier alpha value is -2.40. The number of aromatic nitrogens is 2. The van der Waals surface area contributed by atoms with Gasteiger partial charge in [0.25, 0.3) is 0 Å². The lowest BCUT2D eigenvalue weighted by Crippen LogP contribution is -2.47. The standard InChI is InChI=1S/C18H24N4OS.C2HF3O2/c23-18(19-8-7-17-5-2-10-24-17)11-16-13-21(14-3-1-4-14)12-15-6-9-20-22(15)16;3-2(4,5)1(6)7/h2,5-6,9-10,14,16H,1,3-4,7-8,11-13H2,(H,19,23);(H,6,7). The van der Waals surface area contributed by atoms with Crippen LogP contribution in [0.15, 0.2) is 29.8 Å². The van der Waals surface area contributed by atoms with Crippen molar-refractivity contribution < 1.29 is 27.9 Å². The maximum atomic E-state index is 12.4. The van der Waals surface area contributed by atoms with Gasteiger partial charge in [-0.25, -0.2) is 4.79 Å². The molecule has 0 spiro atoms. The normalized spacial score (nSPS) is 19.0. The third kappa shape index (κ3) is 6.54. The molecular weight excluding hydrogens is 433 g/mol. The van der Waals surface area contributed by atoms with Gasteiger partial charge in [-0.15, -0.1) is 11.3 Å². The van der Waals surface area contributed by atoms with Gasteiger partial charge in [0.1, 0.15) is 0 Å². The number of carbonyl (C=O) groups excluding carboxylic acids is 1. The predicted molar refractivity (Wildman–Crippen MR) is 109 cm³/mol. The van der Waals surface area contributed by atoms with Crippen LogP contribution in [0.3, 0.4) is 0 Å². The second-order valence-corrected chi connectivity index (χ2v) is 8.65. The Balaban J connectivity index is 0.000000339. The maximum Gasteiger partial charge on any atom is 0.490 e. The molecule has 2 N–H and O–H groups in total. The van der Waals surface area contributed by atoms with Crippen molar-refractivity contribution in [3.05, 3.63) is 40.3 Å². The number of nitrogens with one attached hydrogen (secondary N) is 1. The van der Waals surface area contributed by atoms with Crippen molar-refractivity contribution in [3.8, 4) is 0 Å². The Morgan fingerprint density at radius 3 is 2.61 bits per heavy atom. The van der Waals surface area contributed by atoms with Gasteiger partial charge in [-0.2, -0.15) is 18.3 Å². The maximum absolute atomic E-state index is 12.4. The number of thiophene rings is 1. The first kappa shape index (κ1) is 23.3. The van der Waals surface area contributed by atoms with Gasteiger partial charge in [-0.1, -0.05) is 12.5 Å². The zero-order valence-corrected chi connectivity index (χ0v) is 17.7. The van der Waals surface area contributed by atoms with Gasteiger partial charge in [-0.05, 0) is 36.8 Å². The molecule has 1 fully saturated rings. The van der Waals surface area contributed by atoms with Crippen LogP contribution in [0.2, 0.25) is 0 Å². The Kier molecular flexibility index (Phi) is 7.71. The highest BCUT2D eigenvalue weighted by Gasteiger charge is 2.38. The van der Waals surface area contributed by atoms with Crippen LogP contribution in [0.4, 0.5) is 13.2 Å². The molecule has 2 aliphatic rings. The summed E-state index contributed by atoms with van der Waals surface area (Å²) in [6, 6.07) is 7.12. The SMILES string of the molecule is O=C(CC1CN(C2CCC2)Cc2ccnn21)NCCc1cccs1.O=C(O)C(F)(F)F. The van der Waals surface area contributed by atoms with Crippen LogP contribution in [-0.4, -0.2) is 57.0 Å². The smallest absolute Gasteiger partial charge is 0.475 e. The van der Waals surface area contributed by atoms with Crippen LogP contribution < -0.4 is 5.32 Å². The van der Waals surface area contributed by atoms with Crippen molar-refractivity contribution in [1.29, 1.82) is 0 Å². The van der Waals surface area contributed by atoms with Crippen LogP contribution in [0.5, 0.6) is 0 Å². The molecule has 11 heteroatoms. The van der Waals surface area contributed by atoms with Crippen molar-refractivity contribution in [2.75, 3.05) is 13.1 Å². The molecule has 1 atom stereocenters. The van der Waals surface area contributed by atoms with Crippen molar-refractivity contribution in [2.45, 2.75) is 56.9 Å². The zero-order valence-electron chi connectivity index (χ0n) is 16.8. The first-order chi connectivity index (χ1) is 14.7. The van der Waals surface area contributed by atoms with E-state index in [4.69, 9.17) is 9.90 Å². The molecule has 1 aliphatic heterocycles. The highest BCUT2D eigenvalue weighted by molar-refractivity contribution is 7.09. The van der Waals surface area contributed by atoms with E-state index in [0.29, 0.717) is 19.0 Å². The summed E-state index contributed by atoms with van der Waals surface area (Å²) in [5, 5.41) is 16.7. The van der Waals surface area contributed by atoms with Gasteiger partial charge < -0.3 is 10.4 Å². The van der Waals surface area contributed by atoms with E-state index < -0.39 is 12.1 Å². The average Bonchev–Trinajstić information content (AvgIpc) is 3.31. The molecule has 1 amide bonds. The summed E-state index contributed by atoms with van der Waals surface area (Å²) in [6.07, 6.45) is 2.15. The summed E-state index contributed by atoms with van der Waals surface area (Å²) in [4.78, 5) is 25.1. The number of amides is 1. The Morgan fingerprint density at radius 2 is 2.03 bits per heavy atom. The van der Waals surface area contributed by atoms with Crippen molar-refractivity contribution in [2.24, 2.45) is 0 Å². The predicted octanol–water partition coefficient (Wildman–Crippen LogP) is 3.24. The molecule has 31 heavy (non-hydrogen) atoms. The molecule has 2 aromatic rings. The van der Waals surface area contributed by atoms with Crippen LogP contribution in [0.25, 0.3) is 0 Å². The van der Waals surface area contributed by atoms with Crippen molar-refractivity contribution >= 4 is 23.2 Å². The van der Waals surface area contributed by atoms with E-state index in [2.05, 4.69) is 43.6 Å². The fourth-order valence-electron chi connectivity index (χ4n) is 3.66. The number of carbonyl (C=O) groups is 2. The number of rotatable bonds is 6. The van der Waals surface area contributed by atoms with Gasteiger partial charge in [0.2, 0.25) is 5.91 Å². The minimum atomic E-state index is -5.08. The summed E-state index contributed by atoms with van der Waals surface area (Å²) in [5.74, 6) is -2.62. The van der Waals surface area contributed by atoms with Crippen molar-refractivity contribution in [3.63, 3.8) is 0 Å². The molecule has 1 unspecified atom stereocenters. The lowest BCUT2D eigenvalue weighted by Gasteiger charge is -2.42. The summed E-state index contributed by atoms with van der Waals surface area (Å²) in [5.41, 5.74) is 1.24. The van der Waals surface area contributed by atoms with E-state index >= 15 is 0 Å². The first-order valence-electron chi connectivity index (χ1n) is 10.1. The van der Waals surface area contributed by atoms with Crippen LogP contribution in [0, 0.1) is 0 Å². The van der Waals surface area contributed by atoms with E-state index in [-0.39, 0.29) is 11.9 Å². The number of alkyl halides is 3. The molecule has 1 saturated carbocycles. The molecule has 2 aromatic heterocycles. The van der Waals surface area contributed by atoms with E-state index in [1.165, 1.54) is 29.8 Å². The van der Waals surface area contributed by atoms with Gasteiger partial charge >= 0.3 is 12.1 Å². The van der Waals surface area contributed by atoms with Gasteiger partial charge in [0.15, 0.2) is 0 Å². The quantitative estimate of drug-likeness (QED) is 0.694. The Bertz CT molecular complexity index is 865. The van der Waals surface area contributed by atoms with Crippen LogP contribution in [0.1, 0.15) is 42.3 Å². The number of fused-ring (bicyclic) bond motifs is 1. The number of carboxylic acids is 1. The summed E-state index contributed by atoms with van der Waals surface area (Å²) in [7, 11) is 0. The largest absolute Gasteiger partial charge is 0.490 e. The minimum Gasteiger partial charge on any atom is -0.475 e. The lowest BCUT2D eigenvalue weighted by atomic mass is 9.90. The highest BCUT2D eigenvalue weighted by atomic mass is 32.1. The van der Waals surface area contributed by atoms with E-state index in [9.17, 15) is 18.0 Å². The van der Waals surface area contributed by atoms with Gasteiger partial charge in [0, 0.05) is 36.8 Å². The third-order valence-corrected chi connectivity index (χ3v) is 6.37. The zero-order chi connectivity index (χ0) is 22.4. The van der Waals surface area contributed by atoms with Crippen LogP contribution >= 0.6 is 11.3 Å². The second kappa shape index (κ2) is 10.3. The summed E-state index contributed by atoms with van der Waals surface area (Å²) < 4.78 is 33.8. The average molecular weight is 459 g/mol. The lowest BCUT2D eigenvalue weighted by molar-refractivity contribution is -0.192. The van der Waals surface area contributed by atoms with Gasteiger partial charge in [-0.3, -0.25) is 14.4 Å². The monoisotopic (exact) mass is 458 g/mol. The molecule has 3 heterocycles. The minimum absolute atomic E-state index is 0.133. The van der Waals surface area contributed by atoms with Gasteiger partial charge in [0.05, 0.1) is 18.2 Å². The van der Waals surface area contributed by atoms with E-state index in [1.54, 1.807) is 11.3 Å². The molecule has 7 nitrogen and oxygen atoms in total. The molecule has 0 saturated heterocycles. The topological polar surface area (TPSA) is 87.5 Å². The Labute approximate surface area is 181 Å². The molecule has 4 rings (SSSR count). The molecule has 170 valence electrons. The summed E-state index contributed by atoms with van der Waals surface area (Å²) in [6.45, 7) is 2.63. The number of nitrogens with zero attached hydrogens (tertiary/aromatic N) is 3. The number of hydrogen-bond donors (Lipinski definition) is 2. The Morgan fingerprint density at radius 1 is 1.29 bits per heavy atom. The van der Waals surface area contributed by atoms with Crippen molar-refractivity contribution in [1.82, 2.24) is 20.0 Å². The van der Waals surface area contributed by atoms with E-state index in [0.717, 1.165) is 19.5 Å². The molecule has 0 radical (unpaired) electrons. The van der Waals surface area contributed by atoms with Crippen LogP contribution in [-0.2, 0) is 22.6 Å². The first-order valence-corrected chi connectivity index (χ1v) is 11.0. The second-order valence-electron chi connectivity index (χ2n) is 7.62. The highest BCUT2D eigenvalue weighted by Crippen LogP contribution is 2.31. The number of halogens is 3. The number of carboxylic acid groups (broad SMARTS) is 1. The summed E-state index contributed by atoms with van der Waals surface area (Å²) >= 11 is 1.74. The molecule has 0 aromatic carbocycles. The molecular formula is C20H25F3N4O3S.